The number of hydrogen-bond acceptors (Lipinski definition) is 5. The van der Waals surface area contributed by atoms with Gasteiger partial charge in [-0.15, -0.1) is 22.7 Å². The van der Waals surface area contributed by atoms with Crippen LogP contribution in [0.5, 0.6) is 0 Å². The van der Waals surface area contributed by atoms with Gasteiger partial charge in [-0.05, 0) is 27.4 Å². The third kappa shape index (κ3) is 3.35. The Morgan fingerprint density at radius 2 is 2.18 bits per heavy atom. The highest BCUT2D eigenvalue weighted by Crippen LogP contribution is 2.27. The van der Waals surface area contributed by atoms with Crippen molar-refractivity contribution in [3.63, 3.8) is 0 Å². The number of aromatic nitrogens is 1. The van der Waals surface area contributed by atoms with E-state index >= 15 is 0 Å². The lowest BCUT2D eigenvalue weighted by atomic mass is 10.5. The van der Waals surface area contributed by atoms with Crippen LogP contribution in [0.1, 0.15) is 5.01 Å². The molecule has 0 spiro atoms. The van der Waals surface area contributed by atoms with Crippen LogP contribution in [0.25, 0.3) is 0 Å². The maximum absolute atomic E-state index is 11.9. The molecule has 17 heavy (non-hydrogen) atoms. The molecule has 0 fully saturated rings. The Morgan fingerprint density at radius 1 is 1.35 bits per heavy atom. The summed E-state index contributed by atoms with van der Waals surface area (Å²) in [5, 5.41) is 4.54. The minimum Gasteiger partial charge on any atom is -0.250 e. The third-order valence-electron chi connectivity index (χ3n) is 1.94. The monoisotopic (exact) mass is 352 g/mol. The number of hydrogen-bond donors (Lipinski definition) is 1. The van der Waals surface area contributed by atoms with Gasteiger partial charge in [0.2, 0.25) is 0 Å². The molecule has 0 bridgehead atoms. The Kier molecular flexibility index (Phi) is 4.31. The summed E-state index contributed by atoms with van der Waals surface area (Å²) >= 11 is 5.93. The molecule has 1 N–H and O–H groups in total. The molecule has 2 aromatic heterocycles. The molecule has 0 radical (unpaired) electrons. The van der Waals surface area contributed by atoms with Gasteiger partial charge in [0.05, 0.1) is 5.01 Å². The zero-order valence-electron chi connectivity index (χ0n) is 8.59. The number of thiazole rings is 1. The minimum absolute atomic E-state index is 0.316. The lowest BCUT2D eigenvalue weighted by molar-refractivity contribution is 0.583. The Hall–Kier alpha value is -0.280. The van der Waals surface area contributed by atoms with Crippen LogP contribution in [0.15, 0.2) is 31.7 Å². The lowest BCUT2D eigenvalue weighted by Gasteiger charge is -2.03. The van der Waals surface area contributed by atoms with E-state index in [-0.39, 0.29) is 0 Å². The molecule has 0 saturated carbocycles. The van der Waals surface area contributed by atoms with Gasteiger partial charge < -0.3 is 0 Å². The molecule has 0 aliphatic rings. The number of sulfonamides is 1. The first-order chi connectivity index (χ1) is 8.09. The lowest BCUT2D eigenvalue weighted by Crippen LogP contribution is -2.25. The van der Waals surface area contributed by atoms with Crippen LogP contribution in [0.3, 0.4) is 0 Å². The molecule has 0 amide bonds. The van der Waals surface area contributed by atoms with Crippen molar-refractivity contribution >= 4 is 48.6 Å². The fourth-order valence-electron chi connectivity index (χ4n) is 1.21. The highest BCUT2D eigenvalue weighted by atomic mass is 79.9. The highest BCUT2D eigenvalue weighted by molar-refractivity contribution is 9.10. The van der Waals surface area contributed by atoms with Crippen LogP contribution in [0, 0.1) is 0 Å². The molecule has 2 heterocycles. The molecule has 0 atom stereocenters. The number of thiophene rings is 1. The first-order valence-corrected chi connectivity index (χ1v) is 8.74. The van der Waals surface area contributed by atoms with Crippen LogP contribution >= 0.6 is 38.6 Å². The van der Waals surface area contributed by atoms with Crippen LogP contribution in [0.2, 0.25) is 0 Å². The van der Waals surface area contributed by atoms with Gasteiger partial charge in [-0.1, -0.05) is 0 Å². The second kappa shape index (κ2) is 5.57. The zero-order chi connectivity index (χ0) is 12.3. The largest absolute Gasteiger partial charge is 0.251 e. The van der Waals surface area contributed by atoms with E-state index in [9.17, 15) is 8.42 Å². The van der Waals surface area contributed by atoms with Gasteiger partial charge >= 0.3 is 0 Å². The Bertz CT molecular complexity index is 577. The van der Waals surface area contributed by atoms with Gasteiger partial charge in [-0.2, -0.15) is 0 Å². The topological polar surface area (TPSA) is 59.1 Å². The van der Waals surface area contributed by atoms with E-state index in [0.717, 1.165) is 5.01 Å². The highest BCUT2D eigenvalue weighted by Gasteiger charge is 2.18. The quantitative estimate of drug-likeness (QED) is 0.899. The van der Waals surface area contributed by atoms with Gasteiger partial charge in [0.15, 0.2) is 0 Å². The normalized spacial score (nSPS) is 11.8. The molecule has 4 nitrogen and oxygen atoms in total. The first kappa shape index (κ1) is 13.2. The SMILES string of the molecule is O=S(=O)(NCCc1nccs1)c1sccc1Br. The summed E-state index contributed by atoms with van der Waals surface area (Å²) in [7, 11) is -3.40. The molecule has 0 aliphatic heterocycles. The maximum atomic E-state index is 11.9. The summed E-state index contributed by atoms with van der Waals surface area (Å²) in [4.78, 5) is 4.09. The molecule has 92 valence electrons. The number of rotatable bonds is 5. The Morgan fingerprint density at radius 3 is 2.76 bits per heavy atom. The molecule has 0 unspecified atom stereocenters. The van der Waals surface area contributed by atoms with Gasteiger partial charge in [-0.3, -0.25) is 0 Å². The van der Waals surface area contributed by atoms with E-state index in [1.807, 2.05) is 5.38 Å². The maximum Gasteiger partial charge on any atom is 0.251 e. The molecule has 2 rings (SSSR count). The minimum atomic E-state index is -3.40. The van der Waals surface area contributed by atoms with Crippen molar-refractivity contribution in [3.8, 4) is 0 Å². The number of halogens is 1. The molecule has 0 saturated heterocycles. The first-order valence-electron chi connectivity index (χ1n) is 4.70. The summed E-state index contributed by atoms with van der Waals surface area (Å²) in [6, 6.07) is 1.72. The summed E-state index contributed by atoms with van der Waals surface area (Å²) in [6.07, 6.45) is 2.32. The van der Waals surface area contributed by atoms with Crippen molar-refractivity contribution in [3.05, 3.63) is 32.5 Å². The van der Waals surface area contributed by atoms with E-state index < -0.39 is 10.0 Å². The predicted octanol–water partition coefficient (Wildman–Crippen LogP) is 2.49. The molecular weight excluding hydrogens is 344 g/mol. The van der Waals surface area contributed by atoms with E-state index in [2.05, 4.69) is 25.6 Å². The summed E-state index contributed by atoms with van der Waals surface area (Å²) < 4.78 is 27.3. The van der Waals surface area contributed by atoms with Crippen LogP contribution in [-0.2, 0) is 16.4 Å². The van der Waals surface area contributed by atoms with E-state index in [1.54, 1.807) is 17.6 Å². The average molecular weight is 353 g/mol. The summed E-state index contributed by atoms with van der Waals surface area (Å²) in [5.74, 6) is 0. The van der Waals surface area contributed by atoms with Crippen LogP contribution in [-0.4, -0.2) is 19.9 Å². The molecular formula is C9H9BrN2O2S3. The molecule has 2 aromatic rings. The fourth-order valence-corrected chi connectivity index (χ4v) is 5.24. The van der Waals surface area contributed by atoms with Crippen molar-refractivity contribution in [2.24, 2.45) is 0 Å². The molecule has 0 aliphatic carbocycles. The van der Waals surface area contributed by atoms with Gasteiger partial charge in [0.25, 0.3) is 10.0 Å². The van der Waals surface area contributed by atoms with Crippen molar-refractivity contribution in [1.82, 2.24) is 9.71 Å². The second-order valence-electron chi connectivity index (χ2n) is 3.13. The third-order valence-corrected chi connectivity index (χ3v) is 6.91. The smallest absolute Gasteiger partial charge is 0.250 e. The summed E-state index contributed by atoms with van der Waals surface area (Å²) in [6.45, 7) is 0.361. The standard InChI is InChI=1S/C9H9BrN2O2S3/c10-7-2-5-16-9(7)17(13,14)12-3-1-8-11-4-6-15-8/h2,4-6,12H,1,3H2. The van der Waals surface area contributed by atoms with E-state index in [0.29, 0.717) is 21.6 Å². The molecule has 0 aromatic carbocycles. The predicted molar refractivity (Wildman–Crippen MR) is 73.0 cm³/mol. The van der Waals surface area contributed by atoms with Gasteiger partial charge in [0, 0.05) is 29.0 Å². The zero-order valence-corrected chi connectivity index (χ0v) is 12.6. The van der Waals surface area contributed by atoms with Crippen molar-refractivity contribution in [2.75, 3.05) is 6.54 Å². The second-order valence-corrected chi connectivity index (χ2v) is 7.84. The van der Waals surface area contributed by atoms with Crippen molar-refractivity contribution in [2.45, 2.75) is 10.6 Å². The van der Waals surface area contributed by atoms with Gasteiger partial charge in [-0.25, -0.2) is 18.1 Å². The fraction of sp³-hybridized carbons (Fsp3) is 0.222. The Balaban J connectivity index is 1.97. The number of nitrogens with zero attached hydrogens (tertiary/aromatic N) is 1. The average Bonchev–Trinajstić information content (AvgIpc) is 2.88. The number of nitrogens with one attached hydrogen (secondary N) is 1. The van der Waals surface area contributed by atoms with Crippen molar-refractivity contribution in [1.29, 1.82) is 0 Å². The van der Waals surface area contributed by atoms with Crippen molar-refractivity contribution < 1.29 is 8.42 Å². The van der Waals surface area contributed by atoms with E-state index in [4.69, 9.17) is 0 Å². The molecule has 8 heteroatoms. The Labute approximate surface area is 116 Å². The van der Waals surface area contributed by atoms with Crippen LogP contribution < -0.4 is 4.72 Å². The van der Waals surface area contributed by atoms with Crippen LogP contribution in [0.4, 0.5) is 0 Å². The summed E-state index contributed by atoms with van der Waals surface area (Å²) in [5.41, 5.74) is 0. The van der Waals surface area contributed by atoms with Gasteiger partial charge in [0.1, 0.15) is 4.21 Å². The van der Waals surface area contributed by atoms with E-state index in [1.165, 1.54) is 22.7 Å².